The molecule has 1 amide bonds. The van der Waals surface area contributed by atoms with Crippen molar-refractivity contribution >= 4 is 35.2 Å². The lowest BCUT2D eigenvalue weighted by molar-refractivity contribution is 0.0949. The van der Waals surface area contributed by atoms with Gasteiger partial charge in [0.2, 0.25) is 5.88 Å². The van der Waals surface area contributed by atoms with Crippen molar-refractivity contribution in [2.24, 2.45) is 18.4 Å². The van der Waals surface area contributed by atoms with Crippen molar-refractivity contribution in [3.8, 4) is 11.7 Å². The second kappa shape index (κ2) is 11.4. The predicted molar refractivity (Wildman–Crippen MR) is 156 cm³/mol. The number of amides is 1. The molecule has 0 unspecified atom stereocenters. The summed E-state index contributed by atoms with van der Waals surface area (Å²) in [4.78, 5) is 20.2. The fourth-order valence-corrected chi connectivity index (χ4v) is 5.99. The first kappa shape index (κ1) is 31.4. The van der Waals surface area contributed by atoms with Crippen LogP contribution in [-0.4, -0.2) is 69.3 Å². The summed E-state index contributed by atoms with van der Waals surface area (Å²) >= 11 is 0. The normalized spacial score (nSPS) is 17.0. The molecule has 1 atom stereocenters. The Kier molecular flexibility index (Phi) is 8.97. The van der Waals surface area contributed by atoms with Crippen LogP contribution in [0.15, 0.2) is 35.5 Å². The highest BCUT2D eigenvalue weighted by molar-refractivity contribution is 7.90. The van der Waals surface area contributed by atoms with Crippen LogP contribution in [0.4, 0.5) is 5.82 Å². The molecular weight excluding hydrogens is 554 g/mol. The van der Waals surface area contributed by atoms with E-state index in [1.807, 2.05) is 18.7 Å². The molecule has 0 aromatic carbocycles. The molecule has 2 N–H and O–H groups in total. The molecule has 4 heterocycles. The lowest BCUT2D eigenvalue weighted by Crippen LogP contribution is -2.41. The van der Waals surface area contributed by atoms with Crippen molar-refractivity contribution in [2.45, 2.75) is 58.4 Å². The van der Waals surface area contributed by atoms with Crippen LogP contribution >= 0.6 is 13.5 Å². The van der Waals surface area contributed by atoms with E-state index in [9.17, 15) is 18.3 Å². The van der Waals surface area contributed by atoms with Crippen molar-refractivity contribution in [3.05, 3.63) is 41.9 Å². The Morgan fingerprint density at radius 1 is 1.25 bits per heavy atom. The van der Waals surface area contributed by atoms with Crippen molar-refractivity contribution in [1.29, 1.82) is 0 Å². The Labute approximate surface area is 242 Å². The first-order chi connectivity index (χ1) is 18.1. The molecule has 1 fully saturated rings. The minimum absolute atomic E-state index is 0. The number of sulfonamides is 1. The number of hydrogen-bond acceptors (Lipinski definition) is 9. The van der Waals surface area contributed by atoms with E-state index in [2.05, 4.69) is 35.7 Å². The van der Waals surface area contributed by atoms with Gasteiger partial charge in [0, 0.05) is 43.0 Å². The summed E-state index contributed by atoms with van der Waals surface area (Å²) in [6.07, 6.45) is 3.94. The Balaban J connectivity index is 0.00000441. The first-order valence-electron chi connectivity index (χ1n) is 12.8. The van der Waals surface area contributed by atoms with Gasteiger partial charge in [-0.1, -0.05) is 20.8 Å². The lowest BCUT2D eigenvalue weighted by Gasteiger charge is -2.34. The minimum atomic E-state index is -4.16. The second-order valence-electron chi connectivity index (χ2n) is 11.7. The third-order valence-electron chi connectivity index (χ3n) is 6.76. The van der Waals surface area contributed by atoms with E-state index in [-0.39, 0.29) is 42.7 Å². The zero-order chi connectivity index (χ0) is 28.8. The van der Waals surface area contributed by atoms with E-state index >= 15 is 0 Å². The SMILES string of the molecule is Cc1nn(C)cc1S(=O)(=O)NC(=O)c1ccc(-n2ccc(OCC(C)(C)CO)n2)nc1N1C[C@@H](C)CC1(C)C.S. The molecule has 3 aromatic heterocycles. The number of aromatic nitrogens is 5. The molecule has 0 aliphatic carbocycles. The van der Waals surface area contributed by atoms with Gasteiger partial charge >= 0.3 is 0 Å². The molecule has 220 valence electrons. The van der Waals surface area contributed by atoms with E-state index in [4.69, 9.17) is 9.72 Å². The van der Waals surface area contributed by atoms with E-state index < -0.39 is 21.3 Å². The van der Waals surface area contributed by atoms with Crippen molar-refractivity contribution in [3.63, 3.8) is 0 Å². The second-order valence-corrected chi connectivity index (χ2v) is 13.3. The maximum Gasteiger partial charge on any atom is 0.268 e. The van der Waals surface area contributed by atoms with Crippen LogP contribution < -0.4 is 14.4 Å². The summed E-state index contributed by atoms with van der Waals surface area (Å²) in [5.41, 5.74) is -0.302. The Bertz CT molecular complexity index is 1480. The van der Waals surface area contributed by atoms with E-state index in [0.717, 1.165) is 6.42 Å². The number of carbonyl (C=O) groups excluding carboxylic acids is 1. The van der Waals surface area contributed by atoms with Gasteiger partial charge in [-0.25, -0.2) is 22.8 Å². The standard InChI is InChI=1S/C26H37N7O5S.H2S/c1-17-12-26(5,6)32(13-17)23-19(24(35)30-39(36,37)20-14-31(7)28-18(20)2)8-9-21(27-23)33-11-10-22(29-33)38-16-25(3,4)15-34;/h8-11,14,17,34H,12-13,15-16H2,1-7H3,(H,30,35);1H2/t17-;/m0./s1. The predicted octanol–water partition coefficient (Wildman–Crippen LogP) is 2.56. The van der Waals surface area contributed by atoms with Gasteiger partial charge in [-0.3, -0.25) is 9.48 Å². The van der Waals surface area contributed by atoms with Crippen molar-refractivity contribution in [2.75, 3.05) is 24.7 Å². The lowest BCUT2D eigenvalue weighted by atomic mass is 9.97. The molecular formula is C26H39N7O5S2. The number of aliphatic hydroxyl groups excluding tert-OH is 1. The molecule has 0 radical (unpaired) electrons. The zero-order valence-corrected chi connectivity index (χ0v) is 25.8. The molecule has 14 heteroatoms. The van der Waals surface area contributed by atoms with Crippen LogP contribution in [0, 0.1) is 18.3 Å². The number of hydrogen-bond donors (Lipinski definition) is 2. The fraction of sp³-hybridized carbons (Fsp3) is 0.538. The maximum atomic E-state index is 13.4. The average molecular weight is 594 g/mol. The largest absolute Gasteiger partial charge is 0.476 e. The van der Waals surface area contributed by atoms with Crippen molar-refractivity contribution < 1.29 is 23.1 Å². The molecule has 4 rings (SSSR count). The third kappa shape index (κ3) is 6.61. The van der Waals surface area contributed by atoms with Gasteiger partial charge in [0.05, 0.1) is 24.5 Å². The number of carbonyl (C=O) groups is 1. The molecule has 0 bridgehead atoms. The first-order valence-corrected chi connectivity index (χ1v) is 14.3. The van der Waals surface area contributed by atoms with Crippen LogP contribution in [0.25, 0.3) is 5.82 Å². The van der Waals surface area contributed by atoms with Crippen LogP contribution in [0.1, 0.15) is 57.1 Å². The monoisotopic (exact) mass is 593 g/mol. The fourth-order valence-electron chi connectivity index (χ4n) is 4.81. The number of pyridine rings is 1. The summed E-state index contributed by atoms with van der Waals surface area (Å²) in [5, 5.41) is 18.0. The van der Waals surface area contributed by atoms with Crippen LogP contribution in [0.5, 0.6) is 5.88 Å². The zero-order valence-electron chi connectivity index (χ0n) is 24.0. The van der Waals surface area contributed by atoms with Gasteiger partial charge < -0.3 is 14.7 Å². The van der Waals surface area contributed by atoms with Gasteiger partial charge in [0.15, 0.2) is 5.82 Å². The van der Waals surface area contributed by atoms with E-state index in [1.165, 1.54) is 15.6 Å². The van der Waals surface area contributed by atoms with Gasteiger partial charge in [-0.2, -0.15) is 18.6 Å². The quantitative estimate of drug-likeness (QED) is 0.382. The Hall–Kier alpha value is -3.10. The van der Waals surface area contributed by atoms with Gasteiger partial charge in [0.1, 0.15) is 10.7 Å². The average Bonchev–Trinajstić information content (AvgIpc) is 3.53. The maximum absolute atomic E-state index is 13.4. The van der Waals surface area contributed by atoms with E-state index in [1.54, 1.807) is 38.4 Å². The molecule has 1 aliphatic heterocycles. The third-order valence-corrected chi connectivity index (χ3v) is 8.19. The van der Waals surface area contributed by atoms with E-state index in [0.29, 0.717) is 35.7 Å². The molecule has 1 saturated heterocycles. The van der Waals surface area contributed by atoms with Gasteiger partial charge in [0.25, 0.3) is 15.9 Å². The topological polar surface area (TPSA) is 144 Å². The number of nitrogens with zero attached hydrogens (tertiary/aromatic N) is 6. The Morgan fingerprint density at radius 3 is 2.52 bits per heavy atom. The minimum Gasteiger partial charge on any atom is -0.476 e. The molecule has 0 saturated carbocycles. The Morgan fingerprint density at radius 2 is 1.95 bits per heavy atom. The summed E-state index contributed by atoms with van der Waals surface area (Å²) < 4.78 is 36.9. The number of ether oxygens (including phenoxy) is 1. The molecule has 12 nitrogen and oxygen atoms in total. The molecule has 40 heavy (non-hydrogen) atoms. The summed E-state index contributed by atoms with van der Waals surface area (Å²) in [6, 6.07) is 4.87. The van der Waals surface area contributed by atoms with Crippen molar-refractivity contribution in [1.82, 2.24) is 29.3 Å². The number of rotatable bonds is 9. The smallest absolute Gasteiger partial charge is 0.268 e. The molecule has 1 aliphatic rings. The number of aliphatic hydroxyl groups is 1. The molecule has 3 aromatic rings. The highest BCUT2D eigenvalue weighted by Gasteiger charge is 2.39. The summed E-state index contributed by atoms with van der Waals surface area (Å²) in [5.74, 6) is 0.756. The number of anilines is 1. The van der Waals surface area contributed by atoms with Gasteiger partial charge in [-0.05, 0) is 45.2 Å². The van der Waals surface area contributed by atoms with Crippen LogP contribution in [0.2, 0.25) is 0 Å². The summed E-state index contributed by atoms with van der Waals surface area (Å²) in [7, 11) is -2.54. The molecule has 0 spiro atoms. The van der Waals surface area contributed by atoms with Gasteiger partial charge in [-0.15, -0.1) is 5.10 Å². The number of nitrogens with one attached hydrogen (secondary N) is 1. The number of aryl methyl sites for hydroxylation is 2. The van der Waals surface area contributed by atoms with Crippen LogP contribution in [-0.2, 0) is 17.1 Å². The summed E-state index contributed by atoms with van der Waals surface area (Å²) in [6.45, 7) is 12.5. The van der Waals surface area contributed by atoms with Crippen LogP contribution in [0.3, 0.4) is 0 Å². The highest BCUT2D eigenvalue weighted by atomic mass is 32.2. The highest BCUT2D eigenvalue weighted by Crippen LogP contribution is 2.37.